The van der Waals surface area contributed by atoms with Gasteiger partial charge in [0.05, 0.1) is 10.2 Å². The number of likely N-dealkylation sites (N-methyl/N-ethyl adjacent to an activating group) is 1. The van der Waals surface area contributed by atoms with Crippen molar-refractivity contribution >= 4 is 68.5 Å². The molecule has 9 heteroatoms. The molecule has 0 spiro atoms. The third-order valence-electron chi connectivity index (χ3n) is 5.27. The van der Waals surface area contributed by atoms with Crippen molar-refractivity contribution in [3.05, 3.63) is 48.3 Å². The quantitative estimate of drug-likeness (QED) is 0.191. The lowest BCUT2D eigenvalue weighted by Gasteiger charge is -2.24. The van der Waals surface area contributed by atoms with Gasteiger partial charge in [-0.1, -0.05) is 31.3 Å². The largest absolute Gasteiger partial charge is 0.302 e. The van der Waals surface area contributed by atoms with Crippen LogP contribution in [0.3, 0.4) is 0 Å². The van der Waals surface area contributed by atoms with Crippen molar-refractivity contribution in [1.82, 2.24) is 9.88 Å². The first-order chi connectivity index (χ1) is 15.5. The van der Waals surface area contributed by atoms with Crippen LogP contribution in [0.15, 0.2) is 52.3 Å². The fourth-order valence-electron chi connectivity index (χ4n) is 3.38. The first-order valence-electron chi connectivity index (χ1n) is 10.9. The van der Waals surface area contributed by atoms with Crippen LogP contribution in [0.2, 0.25) is 0 Å². The number of carbonyl (C=O) groups is 1. The van der Waals surface area contributed by atoms with Crippen molar-refractivity contribution in [2.75, 3.05) is 43.1 Å². The van der Waals surface area contributed by atoms with Crippen LogP contribution in [0.4, 0.5) is 9.52 Å². The van der Waals surface area contributed by atoms with Gasteiger partial charge in [0.2, 0.25) is 5.91 Å². The van der Waals surface area contributed by atoms with Gasteiger partial charge < -0.3 is 4.90 Å². The maximum Gasteiger partial charge on any atom is 0.228 e. The molecule has 1 amide bonds. The van der Waals surface area contributed by atoms with Gasteiger partial charge in [0.15, 0.2) is 5.13 Å². The number of rotatable bonds is 12. The Morgan fingerprint density at radius 1 is 1.09 bits per heavy atom. The van der Waals surface area contributed by atoms with Crippen molar-refractivity contribution < 1.29 is 9.18 Å². The second-order valence-corrected chi connectivity index (χ2v) is 10.3. The van der Waals surface area contributed by atoms with Crippen LogP contribution in [0.1, 0.15) is 26.7 Å². The first kappa shape index (κ1) is 27.9. The average Bonchev–Trinajstić information content (AvgIpc) is 3.24. The minimum absolute atomic E-state index is 0. The topological polar surface area (TPSA) is 36.4 Å². The fourth-order valence-corrected chi connectivity index (χ4v) is 5.90. The van der Waals surface area contributed by atoms with E-state index in [1.807, 2.05) is 11.0 Å². The van der Waals surface area contributed by atoms with Crippen LogP contribution < -0.4 is 4.90 Å². The summed E-state index contributed by atoms with van der Waals surface area (Å²) in [7, 11) is 0. The lowest BCUT2D eigenvalue weighted by Crippen LogP contribution is -2.38. The zero-order chi connectivity index (χ0) is 22.9. The number of amides is 1. The van der Waals surface area contributed by atoms with Gasteiger partial charge in [-0.15, -0.1) is 35.9 Å². The number of hydrogen-bond donors (Lipinski definition) is 0. The predicted molar refractivity (Wildman–Crippen MR) is 145 cm³/mol. The summed E-state index contributed by atoms with van der Waals surface area (Å²) in [5, 5.41) is 0.782. The Labute approximate surface area is 214 Å². The third-order valence-corrected chi connectivity index (χ3v) is 8.19. The Morgan fingerprint density at radius 2 is 1.82 bits per heavy atom. The molecule has 3 rings (SSSR count). The minimum Gasteiger partial charge on any atom is -0.302 e. The second kappa shape index (κ2) is 14.2. The van der Waals surface area contributed by atoms with Gasteiger partial charge in [0.1, 0.15) is 5.82 Å². The highest BCUT2D eigenvalue weighted by atomic mass is 35.5. The first-order valence-corrected chi connectivity index (χ1v) is 13.9. The van der Waals surface area contributed by atoms with Crippen LogP contribution in [0, 0.1) is 5.82 Å². The molecule has 180 valence electrons. The Hall–Kier alpha value is -1.32. The third kappa shape index (κ3) is 7.86. The number of nitrogens with zero attached hydrogens (tertiary/aromatic N) is 3. The van der Waals surface area contributed by atoms with E-state index in [9.17, 15) is 9.18 Å². The molecule has 0 atom stereocenters. The summed E-state index contributed by atoms with van der Waals surface area (Å²) >= 11 is 4.92. The Kier molecular flexibility index (Phi) is 12.0. The smallest absolute Gasteiger partial charge is 0.228 e. The highest BCUT2D eigenvalue weighted by molar-refractivity contribution is 7.99. The van der Waals surface area contributed by atoms with Gasteiger partial charge in [-0.05, 0) is 67.9 Å². The molecular formula is C24H31ClFN3OS3. The molecule has 1 aromatic heterocycles. The molecule has 0 aliphatic heterocycles. The molecule has 2 aromatic carbocycles. The van der Waals surface area contributed by atoms with Crippen LogP contribution in [-0.2, 0) is 4.79 Å². The van der Waals surface area contributed by atoms with E-state index in [-0.39, 0.29) is 24.1 Å². The van der Waals surface area contributed by atoms with Crippen molar-refractivity contribution in [3.63, 3.8) is 0 Å². The summed E-state index contributed by atoms with van der Waals surface area (Å²) in [5.41, 5.74) is 0.979. The van der Waals surface area contributed by atoms with E-state index in [0.717, 1.165) is 56.9 Å². The summed E-state index contributed by atoms with van der Waals surface area (Å²) in [5.74, 6) is 0.702. The maximum atomic E-state index is 13.2. The van der Waals surface area contributed by atoms with Crippen molar-refractivity contribution in [1.29, 1.82) is 0 Å². The van der Waals surface area contributed by atoms with E-state index in [2.05, 4.69) is 37.1 Å². The standard InChI is InChI=1S/C24H30FN3OS3.ClH/c1-4-27(5-2)15-16-28(24-26-23-20(30-3)8-6-9-21(23)32-24)22(29)10-7-17-31-19-13-11-18(25)12-14-19;/h6,8-9,11-14H,4-5,7,10,15-17H2,1-3H3;1H. The Morgan fingerprint density at radius 3 is 2.48 bits per heavy atom. The summed E-state index contributed by atoms with van der Waals surface area (Å²) in [6, 6.07) is 12.7. The molecule has 0 radical (unpaired) electrons. The fraction of sp³-hybridized carbons (Fsp3) is 0.417. The van der Waals surface area contributed by atoms with Crippen molar-refractivity contribution in [2.45, 2.75) is 36.5 Å². The molecule has 0 aliphatic carbocycles. The Balaban J connectivity index is 0.00000385. The lowest BCUT2D eigenvalue weighted by atomic mass is 10.3. The van der Waals surface area contributed by atoms with Crippen molar-refractivity contribution in [2.24, 2.45) is 0 Å². The van der Waals surface area contributed by atoms with E-state index < -0.39 is 0 Å². The molecule has 0 unspecified atom stereocenters. The molecule has 0 fully saturated rings. The molecule has 33 heavy (non-hydrogen) atoms. The minimum atomic E-state index is -0.228. The van der Waals surface area contributed by atoms with Crippen LogP contribution >= 0.6 is 47.3 Å². The number of benzene rings is 2. The number of carbonyl (C=O) groups excluding carboxylic acids is 1. The number of thioether (sulfide) groups is 2. The summed E-state index contributed by atoms with van der Waals surface area (Å²) in [4.78, 5) is 24.4. The van der Waals surface area contributed by atoms with Gasteiger partial charge in [0.25, 0.3) is 0 Å². The van der Waals surface area contributed by atoms with Gasteiger partial charge >= 0.3 is 0 Å². The second-order valence-electron chi connectivity index (χ2n) is 7.28. The molecule has 0 saturated heterocycles. The molecular weight excluding hydrogens is 497 g/mol. The highest BCUT2D eigenvalue weighted by Gasteiger charge is 2.21. The van der Waals surface area contributed by atoms with E-state index in [0.29, 0.717) is 13.0 Å². The average molecular weight is 528 g/mol. The van der Waals surface area contributed by atoms with Crippen LogP contribution in [0.25, 0.3) is 10.2 Å². The van der Waals surface area contributed by atoms with E-state index in [1.165, 1.54) is 12.1 Å². The zero-order valence-corrected chi connectivity index (χ0v) is 22.5. The van der Waals surface area contributed by atoms with Crippen molar-refractivity contribution in [3.8, 4) is 0 Å². The number of anilines is 1. The monoisotopic (exact) mass is 527 g/mol. The van der Waals surface area contributed by atoms with Gasteiger partial charge in [-0.2, -0.15) is 0 Å². The number of hydrogen-bond acceptors (Lipinski definition) is 6. The van der Waals surface area contributed by atoms with Crippen LogP contribution in [0.5, 0.6) is 0 Å². The van der Waals surface area contributed by atoms with E-state index in [4.69, 9.17) is 4.98 Å². The molecule has 4 nitrogen and oxygen atoms in total. The van der Waals surface area contributed by atoms with Gasteiger partial charge in [-0.3, -0.25) is 9.69 Å². The Bertz CT molecular complexity index is 1010. The van der Waals surface area contributed by atoms with Gasteiger partial charge in [0, 0.05) is 29.3 Å². The molecule has 0 N–H and O–H groups in total. The lowest BCUT2D eigenvalue weighted by molar-refractivity contribution is -0.118. The number of halogens is 2. The normalized spacial score (nSPS) is 11.1. The van der Waals surface area contributed by atoms with E-state index in [1.54, 1.807) is 47.0 Å². The molecule has 0 bridgehead atoms. The molecule has 0 saturated carbocycles. The summed E-state index contributed by atoms with van der Waals surface area (Å²) < 4.78 is 14.2. The summed E-state index contributed by atoms with van der Waals surface area (Å²) in [6.07, 6.45) is 3.29. The molecule has 1 heterocycles. The predicted octanol–water partition coefficient (Wildman–Crippen LogP) is 6.83. The summed E-state index contributed by atoms with van der Waals surface area (Å²) in [6.45, 7) is 7.68. The zero-order valence-electron chi connectivity index (χ0n) is 19.3. The van der Waals surface area contributed by atoms with Crippen LogP contribution in [-0.4, -0.2) is 54.0 Å². The molecule has 3 aromatic rings. The highest BCUT2D eigenvalue weighted by Crippen LogP contribution is 2.34. The number of para-hydroxylation sites is 1. The number of thiazole rings is 1. The number of aromatic nitrogens is 1. The SMILES string of the molecule is CCN(CC)CCN(C(=O)CCCSc1ccc(F)cc1)c1nc2c(SC)cccc2s1.Cl. The van der Waals surface area contributed by atoms with Gasteiger partial charge in [-0.25, -0.2) is 9.37 Å². The number of fused-ring (bicyclic) bond motifs is 1. The molecule has 0 aliphatic rings. The van der Waals surface area contributed by atoms with E-state index >= 15 is 0 Å². The maximum absolute atomic E-state index is 13.2.